The van der Waals surface area contributed by atoms with Crippen LogP contribution in [0.25, 0.3) is 32.1 Å². The second kappa shape index (κ2) is 9.75. The Balaban J connectivity index is 2.05. The SMILES string of the molecule is [C-]#[N+]/C(=C1/C(=c2ccc(=C(C#N)C#N)cc2)/C1=C(\C#N)c1ccc([N+]#[C-])cc1)c1ccc(C#N)cc1. The topological polar surface area (TPSA) is 104 Å². The Morgan fingerprint density at radius 1 is 0.667 bits per heavy atom. The van der Waals surface area contributed by atoms with Crippen molar-refractivity contribution in [3.05, 3.63) is 134 Å². The highest BCUT2D eigenvalue weighted by Crippen LogP contribution is 2.53. The Morgan fingerprint density at radius 3 is 1.78 bits per heavy atom. The molecule has 3 aromatic carbocycles. The van der Waals surface area contributed by atoms with Crippen molar-refractivity contribution >= 4 is 28.1 Å². The van der Waals surface area contributed by atoms with E-state index >= 15 is 0 Å². The summed E-state index contributed by atoms with van der Waals surface area (Å²) >= 11 is 0. The second-order valence-corrected chi connectivity index (χ2v) is 7.60. The van der Waals surface area contributed by atoms with Crippen LogP contribution in [0.2, 0.25) is 0 Å². The number of nitriles is 4. The van der Waals surface area contributed by atoms with Gasteiger partial charge in [-0.2, -0.15) is 21.0 Å². The zero-order chi connectivity index (χ0) is 25.7. The minimum atomic E-state index is -0.00841. The minimum absolute atomic E-state index is 0.00841. The van der Waals surface area contributed by atoms with E-state index in [0.717, 1.165) is 10.8 Å². The van der Waals surface area contributed by atoms with Crippen LogP contribution in [0.3, 0.4) is 0 Å². The van der Waals surface area contributed by atoms with Gasteiger partial charge in [-0.1, -0.05) is 60.7 Å². The fraction of sp³-hybridized carbons (Fsp3) is 0. The van der Waals surface area contributed by atoms with E-state index in [0.29, 0.717) is 50.0 Å². The third-order valence-electron chi connectivity index (χ3n) is 5.66. The van der Waals surface area contributed by atoms with Crippen LogP contribution in [-0.4, -0.2) is 0 Å². The van der Waals surface area contributed by atoms with Gasteiger partial charge in [0.25, 0.3) is 0 Å². The van der Waals surface area contributed by atoms with Crippen molar-refractivity contribution in [1.29, 1.82) is 21.0 Å². The van der Waals surface area contributed by atoms with Gasteiger partial charge in [0.05, 0.1) is 30.4 Å². The molecular formula is C30H12N6. The largest absolute Gasteiger partial charge is 0.238 e. The van der Waals surface area contributed by atoms with Gasteiger partial charge < -0.3 is 0 Å². The molecule has 0 N–H and O–H groups in total. The Kier molecular flexibility index (Phi) is 6.23. The number of nitrogens with zero attached hydrogens (tertiary/aromatic N) is 6. The van der Waals surface area contributed by atoms with Crippen molar-refractivity contribution in [1.82, 2.24) is 0 Å². The van der Waals surface area contributed by atoms with Crippen molar-refractivity contribution < 1.29 is 0 Å². The average Bonchev–Trinajstić information content (AvgIpc) is 3.65. The van der Waals surface area contributed by atoms with E-state index in [2.05, 4.69) is 21.8 Å². The van der Waals surface area contributed by atoms with Crippen molar-refractivity contribution in [3.8, 4) is 24.3 Å². The molecule has 0 aliphatic heterocycles. The van der Waals surface area contributed by atoms with E-state index in [1.54, 1.807) is 72.8 Å². The smallest absolute Gasteiger partial charge is 0.202 e. The summed E-state index contributed by atoms with van der Waals surface area (Å²) in [7, 11) is 0. The standard InChI is InChI=1S/C30H12N6/c1-35-25-13-11-21(12-14-25)26(18-34)28-27(22-9-7-20(8-10-22)24(16-32)17-33)29(28)30(36-2)23-5-3-19(15-31)4-6-23/h3-14H/b28-26-,30-29-. The maximum absolute atomic E-state index is 10.1. The maximum atomic E-state index is 10.1. The molecular weight excluding hydrogens is 444 g/mol. The molecule has 0 bridgehead atoms. The van der Waals surface area contributed by atoms with E-state index < -0.39 is 0 Å². The molecule has 0 heterocycles. The van der Waals surface area contributed by atoms with E-state index in [1.165, 1.54) is 0 Å². The van der Waals surface area contributed by atoms with E-state index in [1.807, 2.05) is 12.1 Å². The van der Waals surface area contributed by atoms with Gasteiger partial charge in [0.2, 0.25) is 5.70 Å². The molecule has 4 rings (SSSR count). The number of rotatable bonds is 2. The lowest BCUT2D eigenvalue weighted by atomic mass is 10.0. The maximum Gasteiger partial charge on any atom is 0.202 e. The molecule has 1 aliphatic carbocycles. The summed E-state index contributed by atoms with van der Waals surface area (Å²) in [4.78, 5) is 7.16. The van der Waals surface area contributed by atoms with Crippen LogP contribution in [0.15, 0.2) is 83.9 Å². The van der Waals surface area contributed by atoms with Crippen LogP contribution < -0.4 is 10.4 Å². The van der Waals surface area contributed by atoms with Gasteiger partial charge in [-0.3, -0.25) is 0 Å². The van der Waals surface area contributed by atoms with Crippen LogP contribution >= 0.6 is 0 Å². The summed E-state index contributed by atoms with van der Waals surface area (Å²) in [5.41, 5.74) is 4.85. The summed E-state index contributed by atoms with van der Waals surface area (Å²) in [5, 5.41) is 38.7. The average molecular weight is 456 g/mol. The van der Waals surface area contributed by atoms with Gasteiger partial charge in [-0.05, 0) is 45.2 Å². The summed E-state index contributed by atoms with van der Waals surface area (Å²) in [6, 6.07) is 28.2. The van der Waals surface area contributed by atoms with Crippen LogP contribution in [-0.2, 0) is 0 Å². The Labute approximate surface area is 207 Å². The fourth-order valence-corrected chi connectivity index (χ4v) is 3.86. The first kappa shape index (κ1) is 23.0. The first-order chi connectivity index (χ1) is 17.6. The zero-order valence-corrected chi connectivity index (χ0v) is 18.6. The Hall–Kier alpha value is -6.18. The van der Waals surface area contributed by atoms with E-state index in [9.17, 15) is 5.26 Å². The monoisotopic (exact) mass is 456 g/mol. The molecule has 0 unspecified atom stereocenters. The molecule has 3 aromatic rings. The molecule has 0 saturated heterocycles. The molecule has 0 aromatic heterocycles. The molecule has 1 fully saturated rings. The van der Waals surface area contributed by atoms with E-state index in [4.69, 9.17) is 28.9 Å². The molecule has 0 amide bonds. The molecule has 0 atom stereocenters. The van der Waals surface area contributed by atoms with Crippen LogP contribution in [0.5, 0.6) is 0 Å². The van der Waals surface area contributed by atoms with Gasteiger partial charge in [0.1, 0.15) is 23.8 Å². The van der Waals surface area contributed by atoms with Crippen LogP contribution in [0.4, 0.5) is 5.69 Å². The molecule has 0 spiro atoms. The van der Waals surface area contributed by atoms with Crippen molar-refractivity contribution in [2.45, 2.75) is 0 Å². The van der Waals surface area contributed by atoms with Crippen molar-refractivity contribution in [3.63, 3.8) is 0 Å². The molecule has 1 aliphatic rings. The number of allylic oxidation sites excluding steroid dienone is 3. The lowest BCUT2D eigenvalue weighted by Crippen LogP contribution is -2.09. The second-order valence-electron chi connectivity index (χ2n) is 7.60. The summed E-state index contributed by atoms with van der Waals surface area (Å²) < 4.78 is 0. The molecule has 162 valence electrons. The molecule has 6 heteroatoms. The van der Waals surface area contributed by atoms with Gasteiger partial charge in [-0.25, -0.2) is 9.69 Å². The van der Waals surface area contributed by atoms with Gasteiger partial charge in [0, 0.05) is 5.22 Å². The van der Waals surface area contributed by atoms with Crippen LogP contribution in [0, 0.1) is 58.5 Å². The first-order valence-electron chi connectivity index (χ1n) is 10.5. The zero-order valence-electron chi connectivity index (χ0n) is 18.6. The van der Waals surface area contributed by atoms with Crippen molar-refractivity contribution in [2.24, 2.45) is 0 Å². The van der Waals surface area contributed by atoms with Crippen LogP contribution in [0.1, 0.15) is 16.7 Å². The lowest BCUT2D eigenvalue weighted by molar-refractivity contribution is 1.47. The highest BCUT2D eigenvalue weighted by molar-refractivity contribution is 6.20. The summed E-state index contributed by atoms with van der Waals surface area (Å²) in [6.45, 7) is 15.0. The van der Waals surface area contributed by atoms with Crippen molar-refractivity contribution in [2.75, 3.05) is 0 Å². The first-order valence-corrected chi connectivity index (χ1v) is 10.5. The Morgan fingerprint density at radius 2 is 1.28 bits per heavy atom. The molecule has 36 heavy (non-hydrogen) atoms. The molecule has 1 saturated carbocycles. The number of benzene rings is 3. The fourth-order valence-electron chi connectivity index (χ4n) is 3.86. The normalized spacial score (nSPS) is 14.0. The van der Waals surface area contributed by atoms with Gasteiger partial charge >= 0.3 is 0 Å². The quantitative estimate of drug-likeness (QED) is 0.409. The predicted molar refractivity (Wildman–Crippen MR) is 134 cm³/mol. The lowest BCUT2D eigenvalue weighted by Gasteiger charge is -1.99. The summed E-state index contributed by atoms with van der Waals surface area (Å²) in [5.74, 6) is 0. The Bertz CT molecular complexity index is 1730. The molecule has 0 radical (unpaired) electrons. The molecule has 6 nitrogen and oxygen atoms in total. The predicted octanol–water partition coefficient (Wildman–Crippen LogP) is 4.78. The van der Waals surface area contributed by atoms with Gasteiger partial charge in [0.15, 0.2) is 5.69 Å². The minimum Gasteiger partial charge on any atom is -0.238 e. The van der Waals surface area contributed by atoms with Gasteiger partial charge in [-0.15, -0.1) is 0 Å². The highest BCUT2D eigenvalue weighted by Gasteiger charge is 2.38. The summed E-state index contributed by atoms with van der Waals surface area (Å²) in [6.07, 6.45) is 0. The number of hydrogen-bond donors (Lipinski definition) is 0. The highest BCUT2D eigenvalue weighted by atomic mass is 14.7. The number of hydrogen-bond acceptors (Lipinski definition) is 4. The van der Waals surface area contributed by atoms with E-state index in [-0.39, 0.29) is 5.57 Å². The third kappa shape index (κ3) is 4.11. The third-order valence-corrected chi connectivity index (χ3v) is 5.66.